The fraction of sp³-hybridized carbons (Fsp3) is 1.00. The molecule has 1 N–H and O–H groups in total. The molecule has 27 heavy (non-hydrogen) atoms. The average molecular weight is 460 g/mol. The molecule has 5 nitrogen and oxygen atoms in total. The highest BCUT2D eigenvalue weighted by atomic mass is 35.5. The molecular formula is C18H46ClNO4Si3. The van der Waals surface area contributed by atoms with Gasteiger partial charge in [-0.15, -0.1) is 0 Å². The van der Waals surface area contributed by atoms with Crippen LogP contribution in [0, 0.1) is 0 Å². The van der Waals surface area contributed by atoms with Gasteiger partial charge in [-0.05, 0) is 72.1 Å². The Hall–Kier alpha value is 0.741. The van der Waals surface area contributed by atoms with Crippen molar-refractivity contribution in [2.45, 2.75) is 78.2 Å². The van der Waals surface area contributed by atoms with Gasteiger partial charge in [0.1, 0.15) is 12.6 Å². The molecule has 0 aliphatic rings. The van der Waals surface area contributed by atoms with E-state index in [0.717, 1.165) is 36.6 Å². The Bertz CT molecular complexity index is 383. The topological polar surface area (TPSA) is 47.9 Å². The van der Waals surface area contributed by atoms with E-state index < -0.39 is 31.3 Å². The molecule has 9 heteroatoms. The van der Waals surface area contributed by atoms with Gasteiger partial charge in [0.2, 0.25) is 0 Å². The molecule has 0 aromatic heterocycles. The molecule has 0 aliphatic carbocycles. The summed E-state index contributed by atoms with van der Waals surface area (Å²) in [6, 6.07) is 0.954. The van der Waals surface area contributed by atoms with Crippen LogP contribution in [-0.2, 0) is 13.0 Å². The first-order valence-electron chi connectivity index (χ1n) is 10.1. The Morgan fingerprint density at radius 3 is 1.70 bits per heavy atom. The second kappa shape index (κ2) is 12.4. The molecule has 0 heterocycles. The number of nitrogens with zero attached hydrogens (tertiary/aromatic N) is 1. The second-order valence-electron chi connectivity index (χ2n) is 9.83. The molecule has 0 saturated carbocycles. The van der Waals surface area contributed by atoms with Crippen LogP contribution in [0.5, 0.6) is 0 Å². The lowest BCUT2D eigenvalue weighted by atomic mass is 10.3. The van der Waals surface area contributed by atoms with E-state index in [1.807, 2.05) is 0 Å². The number of aliphatic hydroxyl groups excluding tert-OH is 1. The molecular weight excluding hydrogens is 414 g/mol. The van der Waals surface area contributed by atoms with Crippen LogP contribution in [0.2, 0.25) is 51.9 Å². The maximum atomic E-state index is 10.2. The maximum Gasteiger partial charge on any atom is 0.314 e. The van der Waals surface area contributed by atoms with Gasteiger partial charge < -0.3 is 35.0 Å². The van der Waals surface area contributed by atoms with Gasteiger partial charge in [0.15, 0.2) is 16.6 Å². The molecule has 0 spiro atoms. The fourth-order valence-corrected chi connectivity index (χ4v) is 15.7. The molecule has 1 atom stereocenters. The molecule has 0 saturated heterocycles. The predicted octanol–water partition coefficient (Wildman–Crippen LogP) is 1.02. The van der Waals surface area contributed by atoms with Crippen LogP contribution >= 0.6 is 0 Å². The number of hydrogen-bond donors (Lipinski definition) is 1. The van der Waals surface area contributed by atoms with Crippen LogP contribution in [0.1, 0.15) is 20.3 Å². The third kappa shape index (κ3) is 15.3. The van der Waals surface area contributed by atoms with Crippen molar-refractivity contribution in [1.29, 1.82) is 0 Å². The van der Waals surface area contributed by atoms with Gasteiger partial charge >= 0.3 is 8.56 Å². The van der Waals surface area contributed by atoms with Crippen molar-refractivity contribution in [2.24, 2.45) is 0 Å². The summed E-state index contributed by atoms with van der Waals surface area (Å²) in [7, 11) is -3.26. The first-order valence-corrected chi connectivity index (χ1v) is 19.5. The summed E-state index contributed by atoms with van der Waals surface area (Å²) in [5.74, 6) is 0. The number of aliphatic hydroxyl groups is 1. The number of halogens is 1. The highest BCUT2D eigenvalue weighted by Gasteiger charge is 2.39. The number of likely N-dealkylation sites (N-methyl/N-ethyl adjacent to an activating group) is 1. The predicted molar refractivity (Wildman–Crippen MR) is 119 cm³/mol. The zero-order chi connectivity index (χ0) is 20.6. The Labute approximate surface area is 178 Å². The molecule has 0 aliphatic heterocycles. The van der Waals surface area contributed by atoms with Crippen molar-refractivity contribution in [1.82, 2.24) is 0 Å². The van der Waals surface area contributed by atoms with Crippen molar-refractivity contribution in [2.75, 3.05) is 39.9 Å². The zero-order valence-electron chi connectivity index (χ0n) is 19.5. The van der Waals surface area contributed by atoms with Gasteiger partial charge in [-0.25, -0.2) is 0 Å². The summed E-state index contributed by atoms with van der Waals surface area (Å²) >= 11 is 0. The number of quaternary nitrogens is 1. The van der Waals surface area contributed by atoms with E-state index in [-0.39, 0.29) is 12.4 Å². The van der Waals surface area contributed by atoms with Crippen LogP contribution in [0.15, 0.2) is 0 Å². The lowest BCUT2D eigenvalue weighted by Crippen LogP contribution is -3.00. The van der Waals surface area contributed by atoms with Crippen LogP contribution in [0.3, 0.4) is 0 Å². The third-order valence-corrected chi connectivity index (χ3v) is 14.1. The normalized spacial score (nSPS) is 14.8. The van der Waals surface area contributed by atoms with E-state index in [2.05, 4.69) is 66.7 Å². The Morgan fingerprint density at radius 2 is 1.33 bits per heavy atom. The maximum absolute atomic E-state index is 10.2. The first-order chi connectivity index (χ1) is 11.6. The summed E-state index contributed by atoms with van der Waals surface area (Å²) in [4.78, 5) is 0. The van der Waals surface area contributed by atoms with Crippen LogP contribution in [0.25, 0.3) is 0 Å². The Kier molecular flexibility index (Phi) is 13.8. The summed E-state index contributed by atoms with van der Waals surface area (Å²) in [6.07, 6.45) is 0.526. The summed E-state index contributed by atoms with van der Waals surface area (Å²) in [5, 5.41) is 10.2. The number of hydrogen-bond acceptors (Lipinski definition) is 4. The van der Waals surface area contributed by atoms with Crippen LogP contribution < -0.4 is 12.4 Å². The van der Waals surface area contributed by atoms with Crippen molar-refractivity contribution in [3.05, 3.63) is 0 Å². The van der Waals surface area contributed by atoms with E-state index in [1.165, 1.54) is 0 Å². The molecule has 0 aromatic rings. The minimum atomic E-state index is -2.17. The van der Waals surface area contributed by atoms with Gasteiger partial charge in [-0.1, -0.05) is 0 Å². The quantitative estimate of drug-likeness (QED) is 0.239. The van der Waals surface area contributed by atoms with Gasteiger partial charge in [0, 0.05) is 6.61 Å². The summed E-state index contributed by atoms with van der Waals surface area (Å²) < 4.78 is 19.7. The Morgan fingerprint density at radius 1 is 0.889 bits per heavy atom. The minimum Gasteiger partial charge on any atom is -1.00 e. The SMILES string of the molecule is CC[N+](C)(CC)CC(O)COCCC[Si](C)(O[Si](C)(C)C)O[Si](C)(C)C.[Cl-]. The average Bonchev–Trinajstić information content (AvgIpc) is 2.42. The molecule has 166 valence electrons. The van der Waals surface area contributed by atoms with Crippen molar-refractivity contribution in [3.8, 4) is 0 Å². The molecule has 0 rings (SSSR count). The Balaban J connectivity index is 0. The molecule has 1 unspecified atom stereocenters. The van der Waals surface area contributed by atoms with E-state index in [0.29, 0.717) is 13.2 Å². The van der Waals surface area contributed by atoms with Gasteiger partial charge in [0.25, 0.3) is 0 Å². The number of rotatable bonds is 14. The first kappa shape index (κ1) is 29.9. The zero-order valence-corrected chi connectivity index (χ0v) is 23.3. The van der Waals surface area contributed by atoms with Crippen molar-refractivity contribution >= 4 is 25.2 Å². The van der Waals surface area contributed by atoms with E-state index in [1.54, 1.807) is 0 Å². The lowest BCUT2D eigenvalue weighted by Gasteiger charge is -2.38. The van der Waals surface area contributed by atoms with E-state index >= 15 is 0 Å². The molecule has 0 fully saturated rings. The van der Waals surface area contributed by atoms with Gasteiger partial charge in [0.05, 0.1) is 26.7 Å². The van der Waals surface area contributed by atoms with Crippen molar-refractivity contribution in [3.63, 3.8) is 0 Å². The molecule has 0 radical (unpaired) electrons. The minimum absolute atomic E-state index is 0. The van der Waals surface area contributed by atoms with Gasteiger partial charge in [-0.2, -0.15) is 0 Å². The number of ether oxygens (including phenoxy) is 1. The fourth-order valence-electron chi connectivity index (χ4n) is 3.18. The summed E-state index contributed by atoms with van der Waals surface area (Å²) in [5.41, 5.74) is 0. The molecule has 0 bridgehead atoms. The van der Waals surface area contributed by atoms with Crippen LogP contribution in [-0.4, -0.2) is 80.8 Å². The van der Waals surface area contributed by atoms with E-state index in [4.69, 9.17) is 13.0 Å². The van der Waals surface area contributed by atoms with Crippen molar-refractivity contribution < 1.29 is 35.0 Å². The highest BCUT2D eigenvalue weighted by Crippen LogP contribution is 2.25. The molecule has 0 aromatic carbocycles. The second-order valence-corrected chi connectivity index (χ2v) is 22.7. The van der Waals surface area contributed by atoms with Gasteiger partial charge in [-0.3, -0.25) is 0 Å². The highest BCUT2D eigenvalue weighted by molar-refractivity contribution is 6.87. The lowest BCUT2D eigenvalue weighted by molar-refractivity contribution is -0.909. The summed E-state index contributed by atoms with van der Waals surface area (Å²) in [6.45, 7) is 23.8. The van der Waals surface area contributed by atoms with E-state index in [9.17, 15) is 5.11 Å². The largest absolute Gasteiger partial charge is 1.00 e. The standard InChI is InChI=1S/C18H46NO4Si3.ClH/c1-11-19(3,12-2)16-18(20)17-21-14-13-15-26(10,22-24(4,5)6)23-25(7,8)9;/h18,20H,11-17H2,1-10H3;1H/q+1;/p-1. The molecule has 0 amide bonds. The van der Waals surface area contributed by atoms with Crippen LogP contribution in [0.4, 0.5) is 0 Å². The monoisotopic (exact) mass is 459 g/mol. The third-order valence-electron chi connectivity index (χ3n) is 4.45. The smallest absolute Gasteiger partial charge is 0.314 e.